The van der Waals surface area contributed by atoms with E-state index in [-0.39, 0.29) is 17.7 Å². The lowest BCUT2D eigenvalue weighted by molar-refractivity contribution is -0.125. The van der Waals surface area contributed by atoms with Crippen LogP contribution in [0.4, 0.5) is 0 Å². The topological polar surface area (TPSA) is 95.1 Å². The van der Waals surface area contributed by atoms with Gasteiger partial charge in [0.2, 0.25) is 11.8 Å². The standard InChI is InChI=1S/C27H54N2O6/c1-5-8-9-10-12-25(11-6-2)27(31)28-14-16-33-18-20-35-22-21-34-19-17-32-15-13-26(30)29-23-24(4)7-3/h24-25H,5-23H2,1-4H3,(H,28,31)(H,29,30). The summed E-state index contributed by atoms with van der Waals surface area (Å²) in [4.78, 5) is 24.0. The van der Waals surface area contributed by atoms with E-state index in [4.69, 9.17) is 18.9 Å². The Morgan fingerprint density at radius 1 is 0.686 bits per heavy atom. The molecule has 8 heteroatoms. The minimum atomic E-state index is 0.0303. The highest BCUT2D eigenvalue weighted by Crippen LogP contribution is 2.16. The Kier molecular flexibility index (Phi) is 25.0. The normalized spacial score (nSPS) is 12.9. The van der Waals surface area contributed by atoms with Crippen molar-refractivity contribution in [3.63, 3.8) is 0 Å². The lowest BCUT2D eigenvalue weighted by atomic mass is 9.95. The van der Waals surface area contributed by atoms with Crippen LogP contribution in [0, 0.1) is 11.8 Å². The second-order valence-corrected chi connectivity index (χ2v) is 9.14. The predicted molar refractivity (Wildman–Crippen MR) is 141 cm³/mol. The fourth-order valence-electron chi connectivity index (χ4n) is 3.41. The Morgan fingerprint density at radius 2 is 1.29 bits per heavy atom. The van der Waals surface area contributed by atoms with Crippen LogP contribution < -0.4 is 10.6 Å². The highest BCUT2D eigenvalue weighted by atomic mass is 16.6. The van der Waals surface area contributed by atoms with Gasteiger partial charge in [-0.3, -0.25) is 9.59 Å². The van der Waals surface area contributed by atoms with E-state index in [0.717, 1.165) is 38.6 Å². The van der Waals surface area contributed by atoms with Gasteiger partial charge in [0, 0.05) is 25.4 Å². The number of nitrogens with one attached hydrogen (secondary N) is 2. The van der Waals surface area contributed by atoms with Crippen molar-refractivity contribution in [2.45, 2.75) is 85.5 Å². The van der Waals surface area contributed by atoms with Crippen LogP contribution in [-0.4, -0.2) is 77.8 Å². The molecule has 0 aromatic heterocycles. The number of unbranched alkanes of at least 4 members (excludes halogenated alkanes) is 3. The summed E-state index contributed by atoms with van der Waals surface area (Å²) in [6.45, 7) is 13.6. The first kappa shape index (κ1) is 33.8. The van der Waals surface area contributed by atoms with Crippen molar-refractivity contribution in [1.29, 1.82) is 0 Å². The zero-order chi connectivity index (χ0) is 26.0. The van der Waals surface area contributed by atoms with Crippen LogP contribution in [-0.2, 0) is 28.5 Å². The molecule has 2 amide bonds. The maximum Gasteiger partial charge on any atom is 0.223 e. The summed E-state index contributed by atoms with van der Waals surface area (Å²) < 4.78 is 21.9. The highest BCUT2D eigenvalue weighted by molar-refractivity contribution is 5.78. The molecule has 0 bridgehead atoms. The van der Waals surface area contributed by atoms with Crippen molar-refractivity contribution in [3.05, 3.63) is 0 Å². The van der Waals surface area contributed by atoms with Crippen LogP contribution in [0.15, 0.2) is 0 Å². The third-order valence-corrected chi connectivity index (χ3v) is 5.89. The number of ether oxygens (including phenoxy) is 4. The molecule has 0 aliphatic heterocycles. The summed E-state index contributed by atoms with van der Waals surface area (Å²) >= 11 is 0. The molecule has 208 valence electrons. The number of hydrogen-bond donors (Lipinski definition) is 2. The van der Waals surface area contributed by atoms with Gasteiger partial charge in [-0.1, -0.05) is 66.2 Å². The average Bonchev–Trinajstić information content (AvgIpc) is 2.86. The number of carbonyl (C=O) groups is 2. The second-order valence-electron chi connectivity index (χ2n) is 9.14. The van der Waals surface area contributed by atoms with Crippen LogP contribution in [0.5, 0.6) is 0 Å². The lowest BCUT2D eigenvalue weighted by Crippen LogP contribution is -2.33. The Hall–Kier alpha value is -1.22. The summed E-state index contributed by atoms with van der Waals surface area (Å²) in [5.74, 6) is 0.823. The average molecular weight is 503 g/mol. The summed E-state index contributed by atoms with van der Waals surface area (Å²) in [5, 5.41) is 5.92. The van der Waals surface area contributed by atoms with Crippen LogP contribution in [0.25, 0.3) is 0 Å². The van der Waals surface area contributed by atoms with Crippen molar-refractivity contribution in [3.8, 4) is 0 Å². The van der Waals surface area contributed by atoms with Gasteiger partial charge in [0.25, 0.3) is 0 Å². The Morgan fingerprint density at radius 3 is 1.86 bits per heavy atom. The molecular formula is C27H54N2O6. The molecule has 8 nitrogen and oxygen atoms in total. The molecule has 35 heavy (non-hydrogen) atoms. The van der Waals surface area contributed by atoms with Crippen molar-refractivity contribution < 1.29 is 28.5 Å². The molecule has 0 aliphatic carbocycles. The van der Waals surface area contributed by atoms with Gasteiger partial charge in [0.05, 0.1) is 52.9 Å². The van der Waals surface area contributed by atoms with E-state index >= 15 is 0 Å². The van der Waals surface area contributed by atoms with Gasteiger partial charge in [-0.25, -0.2) is 0 Å². The predicted octanol–water partition coefficient (Wildman–Crippen LogP) is 4.11. The van der Waals surface area contributed by atoms with Gasteiger partial charge in [0.1, 0.15) is 0 Å². The molecule has 0 aromatic carbocycles. The number of rotatable bonds is 26. The molecule has 0 spiro atoms. The number of amides is 2. The maximum absolute atomic E-state index is 12.4. The molecule has 0 saturated heterocycles. The zero-order valence-corrected chi connectivity index (χ0v) is 23.0. The van der Waals surface area contributed by atoms with Gasteiger partial charge in [-0.15, -0.1) is 0 Å². The first-order valence-electron chi connectivity index (χ1n) is 13.9. The third-order valence-electron chi connectivity index (χ3n) is 5.89. The Labute approximate surface area is 214 Å². The summed E-state index contributed by atoms with van der Waals surface area (Å²) in [6, 6.07) is 0. The molecule has 0 saturated carbocycles. The Balaban J connectivity index is 3.44. The minimum absolute atomic E-state index is 0.0303. The van der Waals surface area contributed by atoms with E-state index in [9.17, 15) is 9.59 Å². The van der Waals surface area contributed by atoms with E-state index in [0.29, 0.717) is 71.7 Å². The Bertz CT molecular complexity index is 492. The highest BCUT2D eigenvalue weighted by Gasteiger charge is 2.16. The first-order valence-corrected chi connectivity index (χ1v) is 13.9. The first-order chi connectivity index (χ1) is 17.0. The zero-order valence-electron chi connectivity index (χ0n) is 23.0. The molecule has 0 radical (unpaired) electrons. The van der Waals surface area contributed by atoms with E-state index in [1.165, 1.54) is 19.3 Å². The van der Waals surface area contributed by atoms with E-state index in [1.54, 1.807) is 0 Å². The van der Waals surface area contributed by atoms with Gasteiger partial charge in [-0.05, 0) is 18.8 Å². The monoisotopic (exact) mass is 502 g/mol. The smallest absolute Gasteiger partial charge is 0.223 e. The van der Waals surface area contributed by atoms with Crippen LogP contribution in [0.2, 0.25) is 0 Å². The van der Waals surface area contributed by atoms with E-state index in [1.807, 2.05) is 0 Å². The van der Waals surface area contributed by atoms with Crippen molar-refractivity contribution >= 4 is 11.8 Å². The van der Waals surface area contributed by atoms with Gasteiger partial charge < -0.3 is 29.6 Å². The maximum atomic E-state index is 12.4. The van der Waals surface area contributed by atoms with Crippen LogP contribution >= 0.6 is 0 Å². The third kappa shape index (κ3) is 23.0. The van der Waals surface area contributed by atoms with Gasteiger partial charge >= 0.3 is 0 Å². The van der Waals surface area contributed by atoms with Gasteiger partial charge in [-0.2, -0.15) is 0 Å². The molecular weight excluding hydrogens is 448 g/mol. The van der Waals surface area contributed by atoms with Gasteiger partial charge in [0.15, 0.2) is 0 Å². The van der Waals surface area contributed by atoms with Crippen molar-refractivity contribution in [1.82, 2.24) is 10.6 Å². The fraction of sp³-hybridized carbons (Fsp3) is 0.926. The molecule has 0 fully saturated rings. The van der Waals surface area contributed by atoms with Crippen molar-refractivity contribution in [2.75, 3.05) is 65.9 Å². The number of carbonyl (C=O) groups excluding carboxylic acids is 2. The lowest BCUT2D eigenvalue weighted by Gasteiger charge is -2.16. The summed E-state index contributed by atoms with van der Waals surface area (Å²) in [7, 11) is 0. The number of hydrogen-bond acceptors (Lipinski definition) is 6. The van der Waals surface area contributed by atoms with Crippen LogP contribution in [0.3, 0.4) is 0 Å². The molecule has 0 aromatic rings. The molecule has 0 rings (SSSR count). The molecule has 0 aliphatic rings. The fourth-order valence-corrected chi connectivity index (χ4v) is 3.41. The van der Waals surface area contributed by atoms with E-state index in [2.05, 4.69) is 38.3 Å². The summed E-state index contributed by atoms with van der Waals surface area (Å²) in [6.07, 6.45) is 9.22. The quantitative estimate of drug-likeness (QED) is 0.173. The SMILES string of the molecule is CCCCCCC(CCC)C(=O)NCCOCCOCCOCCOCCC(=O)NCC(C)CC. The molecule has 0 heterocycles. The molecule has 2 unspecified atom stereocenters. The van der Waals surface area contributed by atoms with E-state index < -0.39 is 0 Å². The largest absolute Gasteiger partial charge is 0.379 e. The molecule has 2 N–H and O–H groups in total. The second kappa shape index (κ2) is 25.9. The molecule has 2 atom stereocenters. The van der Waals surface area contributed by atoms with Crippen molar-refractivity contribution in [2.24, 2.45) is 11.8 Å². The summed E-state index contributed by atoms with van der Waals surface area (Å²) in [5.41, 5.74) is 0. The minimum Gasteiger partial charge on any atom is -0.379 e. The van der Waals surface area contributed by atoms with Crippen LogP contribution in [0.1, 0.15) is 85.5 Å².